The molecular formula is C19H15ClN2O6. The van der Waals surface area contributed by atoms with Gasteiger partial charge in [0, 0.05) is 16.7 Å². The summed E-state index contributed by atoms with van der Waals surface area (Å²) >= 11 is 5.89. The molecule has 0 aliphatic rings. The van der Waals surface area contributed by atoms with Crippen molar-refractivity contribution in [1.82, 2.24) is 4.98 Å². The molecule has 0 saturated heterocycles. The third-order valence-electron chi connectivity index (χ3n) is 3.61. The summed E-state index contributed by atoms with van der Waals surface area (Å²) in [4.78, 5) is 26.6. The van der Waals surface area contributed by atoms with Gasteiger partial charge in [-0.15, -0.1) is 0 Å². The van der Waals surface area contributed by atoms with Gasteiger partial charge in [-0.1, -0.05) is 17.7 Å². The van der Waals surface area contributed by atoms with Crippen molar-refractivity contribution in [3.8, 4) is 23.1 Å². The highest BCUT2D eigenvalue weighted by atomic mass is 35.5. The molecule has 0 aliphatic heterocycles. The van der Waals surface area contributed by atoms with Crippen molar-refractivity contribution in [1.29, 1.82) is 0 Å². The molecule has 0 fully saturated rings. The average Bonchev–Trinajstić information content (AvgIpc) is 3.05. The molecule has 0 saturated carbocycles. The summed E-state index contributed by atoms with van der Waals surface area (Å²) in [5.41, 5.74) is 0.709. The number of esters is 1. The van der Waals surface area contributed by atoms with Crippen molar-refractivity contribution in [2.75, 3.05) is 6.61 Å². The number of ether oxygens (including phenoxy) is 2. The minimum Gasteiger partial charge on any atom is -0.466 e. The van der Waals surface area contributed by atoms with Crippen molar-refractivity contribution in [2.24, 2.45) is 0 Å². The highest BCUT2D eigenvalue weighted by molar-refractivity contribution is 6.30. The second-order valence-electron chi connectivity index (χ2n) is 5.60. The van der Waals surface area contributed by atoms with E-state index in [0.29, 0.717) is 10.6 Å². The Morgan fingerprint density at radius 3 is 2.68 bits per heavy atom. The van der Waals surface area contributed by atoms with E-state index >= 15 is 0 Å². The lowest BCUT2D eigenvalue weighted by molar-refractivity contribution is -0.384. The molecule has 0 radical (unpaired) electrons. The molecule has 0 N–H and O–H groups in total. The summed E-state index contributed by atoms with van der Waals surface area (Å²) in [5.74, 6) is -0.143. The lowest BCUT2D eigenvalue weighted by Gasteiger charge is -2.04. The van der Waals surface area contributed by atoms with Crippen LogP contribution < -0.4 is 4.74 Å². The van der Waals surface area contributed by atoms with Crippen LogP contribution in [0.25, 0.3) is 11.5 Å². The lowest BCUT2D eigenvalue weighted by Crippen LogP contribution is -2.08. The number of rotatable bonds is 7. The molecular weight excluding hydrogens is 388 g/mol. The van der Waals surface area contributed by atoms with Crippen LogP contribution in [0.4, 0.5) is 5.69 Å². The Balaban J connectivity index is 1.95. The number of carbonyl (C=O) groups is 1. The number of oxazole rings is 1. The molecule has 144 valence electrons. The Labute approximate surface area is 164 Å². The number of benzene rings is 2. The number of non-ortho nitro benzene ring substituents is 1. The Morgan fingerprint density at radius 2 is 2.00 bits per heavy atom. The fourth-order valence-corrected chi connectivity index (χ4v) is 2.49. The fraction of sp³-hybridized carbons (Fsp3) is 0.158. The van der Waals surface area contributed by atoms with Crippen LogP contribution in [0.3, 0.4) is 0 Å². The summed E-state index contributed by atoms with van der Waals surface area (Å²) in [6.07, 6.45) is -0.171. The summed E-state index contributed by atoms with van der Waals surface area (Å²) in [7, 11) is 0. The van der Waals surface area contributed by atoms with Crippen LogP contribution >= 0.6 is 11.6 Å². The number of hydrogen-bond acceptors (Lipinski definition) is 7. The number of hydrogen-bond donors (Lipinski definition) is 0. The standard InChI is InChI=1S/C19H15ClN2O6/c1-2-26-17(23)11-16-19(27-15-5-3-4-14(10-15)22(24)25)28-18(21-16)12-6-8-13(20)9-7-12/h3-10H,2,11H2,1H3. The zero-order chi connectivity index (χ0) is 20.1. The number of nitrogens with zero attached hydrogens (tertiary/aromatic N) is 2. The van der Waals surface area contributed by atoms with Gasteiger partial charge in [-0.25, -0.2) is 4.98 Å². The predicted octanol–water partition coefficient (Wildman–Crippen LogP) is 4.80. The van der Waals surface area contributed by atoms with E-state index in [1.807, 2.05) is 0 Å². The van der Waals surface area contributed by atoms with Gasteiger partial charge >= 0.3 is 11.9 Å². The topological polar surface area (TPSA) is 105 Å². The van der Waals surface area contributed by atoms with Gasteiger partial charge in [0.05, 0.1) is 24.0 Å². The maximum absolute atomic E-state index is 11.9. The SMILES string of the molecule is CCOC(=O)Cc1nc(-c2ccc(Cl)cc2)oc1Oc1cccc([N+](=O)[O-])c1. The lowest BCUT2D eigenvalue weighted by atomic mass is 10.2. The maximum atomic E-state index is 11.9. The fourth-order valence-electron chi connectivity index (χ4n) is 2.36. The number of nitro benzene ring substituents is 1. The summed E-state index contributed by atoms with van der Waals surface area (Å²) in [6.45, 7) is 1.92. The van der Waals surface area contributed by atoms with E-state index in [-0.39, 0.29) is 42.0 Å². The second-order valence-corrected chi connectivity index (χ2v) is 6.03. The van der Waals surface area contributed by atoms with Crippen molar-refractivity contribution in [3.63, 3.8) is 0 Å². The predicted molar refractivity (Wildman–Crippen MR) is 100 cm³/mol. The van der Waals surface area contributed by atoms with E-state index < -0.39 is 10.9 Å². The third-order valence-corrected chi connectivity index (χ3v) is 3.86. The molecule has 0 unspecified atom stereocenters. The Bertz CT molecular complexity index is 1000. The van der Waals surface area contributed by atoms with Crippen LogP contribution in [0.5, 0.6) is 11.7 Å². The summed E-state index contributed by atoms with van der Waals surface area (Å²) in [5, 5.41) is 11.5. The van der Waals surface area contributed by atoms with Crippen LogP contribution in [0, 0.1) is 10.1 Å². The average molecular weight is 403 g/mol. The van der Waals surface area contributed by atoms with E-state index in [0.717, 1.165) is 0 Å². The molecule has 0 bridgehead atoms. The molecule has 0 atom stereocenters. The van der Waals surface area contributed by atoms with Gasteiger partial charge in [0.2, 0.25) is 5.89 Å². The number of aromatic nitrogens is 1. The van der Waals surface area contributed by atoms with Gasteiger partial charge in [-0.3, -0.25) is 14.9 Å². The summed E-state index contributed by atoms with van der Waals surface area (Å²) in [6, 6.07) is 12.4. The van der Waals surface area contributed by atoms with Gasteiger partial charge in [-0.2, -0.15) is 0 Å². The van der Waals surface area contributed by atoms with Crippen LogP contribution in [0.1, 0.15) is 12.6 Å². The zero-order valence-electron chi connectivity index (χ0n) is 14.8. The molecule has 28 heavy (non-hydrogen) atoms. The van der Waals surface area contributed by atoms with Gasteiger partial charge in [0.1, 0.15) is 11.4 Å². The van der Waals surface area contributed by atoms with Gasteiger partial charge < -0.3 is 13.9 Å². The summed E-state index contributed by atoms with van der Waals surface area (Å²) < 4.78 is 16.3. The molecule has 8 nitrogen and oxygen atoms in total. The number of halogens is 1. The zero-order valence-corrected chi connectivity index (χ0v) is 15.5. The molecule has 3 aromatic rings. The van der Waals surface area contributed by atoms with Crippen molar-refractivity contribution < 1.29 is 23.6 Å². The van der Waals surface area contributed by atoms with Gasteiger partial charge in [0.25, 0.3) is 5.69 Å². The van der Waals surface area contributed by atoms with E-state index in [9.17, 15) is 14.9 Å². The Kier molecular flexibility index (Phi) is 5.90. The normalized spacial score (nSPS) is 10.5. The minimum absolute atomic E-state index is 0.0431. The minimum atomic E-state index is -0.536. The first kappa shape index (κ1) is 19.4. The van der Waals surface area contributed by atoms with Crippen LogP contribution in [-0.2, 0) is 16.0 Å². The van der Waals surface area contributed by atoms with E-state index in [2.05, 4.69) is 4.98 Å². The highest BCUT2D eigenvalue weighted by Gasteiger charge is 2.21. The van der Waals surface area contributed by atoms with Crippen molar-refractivity contribution in [3.05, 3.63) is 69.4 Å². The molecule has 3 rings (SSSR count). The third kappa shape index (κ3) is 4.66. The highest BCUT2D eigenvalue weighted by Crippen LogP contribution is 2.33. The molecule has 0 spiro atoms. The molecule has 0 aliphatic carbocycles. The largest absolute Gasteiger partial charge is 0.466 e. The Morgan fingerprint density at radius 1 is 1.25 bits per heavy atom. The first-order valence-electron chi connectivity index (χ1n) is 8.30. The van der Waals surface area contributed by atoms with Crippen LogP contribution in [-0.4, -0.2) is 22.5 Å². The van der Waals surface area contributed by atoms with Crippen LogP contribution in [0.15, 0.2) is 52.9 Å². The van der Waals surface area contributed by atoms with Crippen molar-refractivity contribution in [2.45, 2.75) is 13.3 Å². The molecule has 2 aromatic carbocycles. The Hall–Kier alpha value is -3.39. The monoisotopic (exact) mass is 402 g/mol. The molecule has 1 aromatic heterocycles. The molecule has 0 amide bonds. The number of carbonyl (C=O) groups excluding carboxylic acids is 1. The van der Waals surface area contributed by atoms with Crippen molar-refractivity contribution >= 4 is 23.3 Å². The first-order valence-corrected chi connectivity index (χ1v) is 8.67. The smallest absolute Gasteiger partial charge is 0.315 e. The molecule has 1 heterocycles. The maximum Gasteiger partial charge on any atom is 0.315 e. The number of nitro groups is 1. The van der Waals surface area contributed by atoms with Gasteiger partial charge in [0.15, 0.2) is 0 Å². The van der Waals surface area contributed by atoms with E-state index in [1.54, 1.807) is 31.2 Å². The van der Waals surface area contributed by atoms with E-state index in [4.69, 9.17) is 25.5 Å². The van der Waals surface area contributed by atoms with E-state index in [1.165, 1.54) is 24.3 Å². The van der Waals surface area contributed by atoms with Gasteiger partial charge in [-0.05, 0) is 37.3 Å². The van der Waals surface area contributed by atoms with Crippen LogP contribution in [0.2, 0.25) is 5.02 Å². The quantitative estimate of drug-likeness (QED) is 0.317. The second kappa shape index (κ2) is 8.53. The first-order chi connectivity index (χ1) is 13.5. The molecule has 9 heteroatoms.